The van der Waals surface area contributed by atoms with Crippen molar-refractivity contribution >= 4 is 17.5 Å². The Bertz CT molecular complexity index is 759. The van der Waals surface area contributed by atoms with Crippen molar-refractivity contribution in [3.05, 3.63) is 54.1 Å². The highest BCUT2D eigenvalue weighted by molar-refractivity contribution is 5.95. The van der Waals surface area contributed by atoms with E-state index in [1.54, 1.807) is 18.2 Å². The molecule has 0 spiro atoms. The Morgan fingerprint density at radius 2 is 1.74 bits per heavy atom. The second kappa shape index (κ2) is 10.2. The number of benzene rings is 2. The van der Waals surface area contributed by atoms with Crippen LogP contribution in [0.3, 0.4) is 0 Å². The number of para-hydroxylation sites is 2. The molecule has 0 bridgehead atoms. The van der Waals surface area contributed by atoms with Crippen LogP contribution in [-0.4, -0.2) is 43.5 Å². The average Bonchev–Trinajstić information content (AvgIpc) is 2.71. The Morgan fingerprint density at radius 1 is 1.04 bits per heavy atom. The molecule has 0 atom stereocenters. The molecule has 27 heavy (non-hydrogen) atoms. The number of methoxy groups -OCH3 is 1. The third-order valence-corrected chi connectivity index (χ3v) is 4.14. The third-order valence-electron chi connectivity index (χ3n) is 4.14. The molecule has 0 aromatic heterocycles. The van der Waals surface area contributed by atoms with Crippen molar-refractivity contribution in [1.29, 1.82) is 0 Å². The lowest BCUT2D eigenvalue weighted by atomic mass is 10.2. The van der Waals surface area contributed by atoms with Gasteiger partial charge >= 0.3 is 0 Å². The van der Waals surface area contributed by atoms with E-state index in [4.69, 9.17) is 9.47 Å². The second-order valence-electron chi connectivity index (χ2n) is 5.94. The largest absolute Gasteiger partial charge is 0.495 e. The van der Waals surface area contributed by atoms with E-state index in [9.17, 15) is 9.59 Å². The first-order valence-electron chi connectivity index (χ1n) is 8.99. The van der Waals surface area contributed by atoms with E-state index in [-0.39, 0.29) is 25.0 Å². The van der Waals surface area contributed by atoms with Gasteiger partial charge in [0.15, 0.2) is 6.61 Å². The number of hydrogen-bond acceptors (Lipinski definition) is 4. The van der Waals surface area contributed by atoms with Gasteiger partial charge in [-0.3, -0.25) is 9.59 Å². The fraction of sp³-hybridized carbons (Fsp3) is 0.333. The molecule has 6 heteroatoms. The second-order valence-corrected chi connectivity index (χ2v) is 5.94. The van der Waals surface area contributed by atoms with Crippen LogP contribution in [0, 0.1) is 0 Å². The van der Waals surface area contributed by atoms with Gasteiger partial charge in [-0.1, -0.05) is 31.2 Å². The molecule has 0 saturated heterocycles. The van der Waals surface area contributed by atoms with E-state index < -0.39 is 0 Å². The van der Waals surface area contributed by atoms with Crippen molar-refractivity contribution in [3.8, 4) is 11.5 Å². The molecule has 2 aromatic carbocycles. The summed E-state index contributed by atoms with van der Waals surface area (Å²) in [6.07, 6.45) is 0.949. The number of aryl methyl sites for hydroxylation is 1. The highest BCUT2D eigenvalue weighted by Gasteiger charge is 2.17. The van der Waals surface area contributed by atoms with E-state index in [2.05, 4.69) is 12.2 Å². The van der Waals surface area contributed by atoms with Crippen LogP contribution >= 0.6 is 0 Å². The van der Waals surface area contributed by atoms with Crippen molar-refractivity contribution in [2.24, 2.45) is 0 Å². The minimum Gasteiger partial charge on any atom is -0.495 e. The summed E-state index contributed by atoms with van der Waals surface area (Å²) in [5.74, 6) is 0.670. The molecule has 0 unspecified atom stereocenters. The van der Waals surface area contributed by atoms with Crippen molar-refractivity contribution in [3.63, 3.8) is 0 Å². The summed E-state index contributed by atoms with van der Waals surface area (Å²) in [4.78, 5) is 26.1. The van der Waals surface area contributed by atoms with Gasteiger partial charge in [-0.15, -0.1) is 0 Å². The average molecular weight is 370 g/mol. The number of rotatable bonds is 9. The van der Waals surface area contributed by atoms with Crippen LogP contribution in [-0.2, 0) is 16.0 Å². The summed E-state index contributed by atoms with van der Waals surface area (Å²) in [6, 6.07) is 14.8. The van der Waals surface area contributed by atoms with Crippen LogP contribution in [0.2, 0.25) is 0 Å². The van der Waals surface area contributed by atoms with Gasteiger partial charge in [-0.2, -0.15) is 0 Å². The van der Waals surface area contributed by atoms with E-state index in [0.29, 0.717) is 23.7 Å². The molecule has 1 N–H and O–H groups in total. The summed E-state index contributed by atoms with van der Waals surface area (Å²) < 4.78 is 10.8. The number of hydrogen-bond donors (Lipinski definition) is 1. The molecule has 0 aliphatic rings. The van der Waals surface area contributed by atoms with Gasteiger partial charge in [-0.25, -0.2) is 0 Å². The SMILES string of the molecule is CCc1ccc(OCC(=O)N(CC)CC(=O)Nc2ccccc2OC)cc1. The monoisotopic (exact) mass is 370 g/mol. The van der Waals surface area contributed by atoms with Gasteiger partial charge in [0.05, 0.1) is 19.3 Å². The smallest absolute Gasteiger partial charge is 0.260 e. The van der Waals surface area contributed by atoms with Crippen molar-refractivity contribution < 1.29 is 19.1 Å². The standard InChI is InChI=1S/C21H26N2O4/c1-4-16-10-12-17(13-11-16)27-15-21(25)23(5-2)14-20(24)22-18-8-6-7-9-19(18)26-3/h6-13H,4-5,14-15H2,1-3H3,(H,22,24). The zero-order chi connectivity index (χ0) is 19.6. The topological polar surface area (TPSA) is 67.9 Å². The lowest BCUT2D eigenvalue weighted by Crippen LogP contribution is -2.40. The summed E-state index contributed by atoms with van der Waals surface area (Å²) in [5, 5.41) is 2.77. The predicted octanol–water partition coefficient (Wildman–Crippen LogP) is 3.12. The quantitative estimate of drug-likeness (QED) is 0.736. The van der Waals surface area contributed by atoms with E-state index in [0.717, 1.165) is 6.42 Å². The van der Waals surface area contributed by atoms with Crippen LogP contribution in [0.15, 0.2) is 48.5 Å². The van der Waals surface area contributed by atoms with Gasteiger partial charge in [0.25, 0.3) is 5.91 Å². The minimum atomic E-state index is -0.290. The third kappa shape index (κ3) is 6.02. The first-order chi connectivity index (χ1) is 13.1. The molecule has 0 aliphatic heterocycles. The number of nitrogens with zero attached hydrogens (tertiary/aromatic N) is 1. The van der Waals surface area contributed by atoms with Crippen molar-refractivity contribution in [2.45, 2.75) is 20.3 Å². The van der Waals surface area contributed by atoms with Crippen LogP contribution in [0.5, 0.6) is 11.5 Å². The predicted molar refractivity (Wildman–Crippen MR) is 105 cm³/mol. The van der Waals surface area contributed by atoms with Crippen LogP contribution < -0.4 is 14.8 Å². The van der Waals surface area contributed by atoms with Crippen molar-refractivity contribution in [1.82, 2.24) is 4.90 Å². The van der Waals surface area contributed by atoms with Gasteiger partial charge in [0.1, 0.15) is 11.5 Å². The molecule has 2 aromatic rings. The summed E-state index contributed by atoms with van der Waals surface area (Å²) >= 11 is 0. The number of ether oxygens (including phenoxy) is 2. The Morgan fingerprint density at radius 3 is 2.37 bits per heavy atom. The lowest BCUT2D eigenvalue weighted by Gasteiger charge is -2.21. The van der Waals surface area contributed by atoms with Gasteiger partial charge in [-0.05, 0) is 43.2 Å². The lowest BCUT2D eigenvalue weighted by molar-refractivity contribution is -0.136. The molecular weight excluding hydrogens is 344 g/mol. The molecule has 0 saturated carbocycles. The summed E-state index contributed by atoms with van der Waals surface area (Å²) in [5.41, 5.74) is 1.78. The number of carbonyl (C=O) groups excluding carboxylic acids is 2. The summed E-state index contributed by atoms with van der Waals surface area (Å²) in [7, 11) is 1.54. The Hall–Kier alpha value is -3.02. The fourth-order valence-electron chi connectivity index (χ4n) is 2.55. The van der Waals surface area contributed by atoms with E-state index in [1.807, 2.05) is 37.3 Å². The number of likely N-dealkylation sites (N-methyl/N-ethyl adjacent to an activating group) is 1. The Balaban J connectivity index is 1.88. The zero-order valence-electron chi connectivity index (χ0n) is 16.0. The van der Waals surface area contributed by atoms with E-state index >= 15 is 0 Å². The minimum absolute atomic E-state index is 0.0501. The first kappa shape index (κ1) is 20.3. The number of amides is 2. The zero-order valence-corrected chi connectivity index (χ0v) is 16.0. The highest BCUT2D eigenvalue weighted by Crippen LogP contribution is 2.22. The normalized spacial score (nSPS) is 10.2. The Labute approximate surface area is 160 Å². The highest BCUT2D eigenvalue weighted by atomic mass is 16.5. The molecule has 0 aliphatic carbocycles. The van der Waals surface area contributed by atoms with Crippen LogP contribution in [0.25, 0.3) is 0 Å². The molecule has 144 valence electrons. The van der Waals surface area contributed by atoms with Gasteiger partial charge in [0, 0.05) is 6.54 Å². The van der Waals surface area contributed by atoms with Crippen LogP contribution in [0.1, 0.15) is 19.4 Å². The molecule has 2 amide bonds. The molecule has 0 radical (unpaired) electrons. The maximum absolute atomic E-state index is 12.4. The molecule has 2 rings (SSSR count). The number of nitrogens with one attached hydrogen (secondary N) is 1. The van der Waals surface area contributed by atoms with Crippen LogP contribution in [0.4, 0.5) is 5.69 Å². The Kier molecular flexibility index (Phi) is 7.67. The molecule has 0 heterocycles. The maximum Gasteiger partial charge on any atom is 0.260 e. The first-order valence-corrected chi connectivity index (χ1v) is 8.99. The fourth-order valence-corrected chi connectivity index (χ4v) is 2.55. The summed E-state index contributed by atoms with van der Waals surface area (Å²) in [6.45, 7) is 4.15. The molecule has 6 nitrogen and oxygen atoms in total. The number of anilines is 1. The number of carbonyl (C=O) groups is 2. The van der Waals surface area contributed by atoms with Gasteiger partial charge in [0.2, 0.25) is 5.91 Å². The maximum atomic E-state index is 12.4. The molecule has 0 fully saturated rings. The van der Waals surface area contributed by atoms with E-state index in [1.165, 1.54) is 17.6 Å². The molecular formula is C21H26N2O4. The van der Waals surface area contributed by atoms with Crippen molar-refractivity contribution in [2.75, 3.05) is 32.1 Å². The van der Waals surface area contributed by atoms with Gasteiger partial charge < -0.3 is 19.7 Å².